The van der Waals surface area contributed by atoms with E-state index in [2.05, 4.69) is 57.0 Å². The second kappa shape index (κ2) is 7.59. The number of rotatable bonds is 5. The maximum Gasteiger partial charge on any atom is 0.191 e. The van der Waals surface area contributed by atoms with Crippen molar-refractivity contribution in [2.75, 3.05) is 13.6 Å². The van der Waals surface area contributed by atoms with Crippen LogP contribution in [0.25, 0.3) is 5.65 Å². The normalized spacial score (nSPS) is 11.7. The summed E-state index contributed by atoms with van der Waals surface area (Å²) in [6.45, 7) is 3.57. The highest BCUT2D eigenvalue weighted by atomic mass is 15.2. The van der Waals surface area contributed by atoms with Crippen molar-refractivity contribution in [3.05, 3.63) is 65.6 Å². The van der Waals surface area contributed by atoms with Crippen molar-refractivity contribution in [1.29, 1.82) is 0 Å². The van der Waals surface area contributed by atoms with Crippen LogP contribution in [0.2, 0.25) is 0 Å². The van der Waals surface area contributed by atoms with E-state index in [1.54, 1.807) is 7.05 Å². The lowest BCUT2D eigenvalue weighted by Gasteiger charge is -2.11. The number of fused-ring (bicyclic) bond motifs is 1. The van der Waals surface area contributed by atoms with Crippen LogP contribution in [0, 0.1) is 6.92 Å². The lowest BCUT2D eigenvalue weighted by Crippen LogP contribution is -2.38. The van der Waals surface area contributed by atoms with Gasteiger partial charge < -0.3 is 10.6 Å². The van der Waals surface area contributed by atoms with Crippen molar-refractivity contribution in [3.8, 4) is 0 Å². The van der Waals surface area contributed by atoms with Gasteiger partial charge >= 0.3 is 0 Å². The highest BCUT2D eigenvalue weighted by Gasteiger charge is 2.05. The van der Waals surface area contributed by atoms with Gasteiger partial charge in [-0.05, 0) is 24.6 Å². The average Bonchev–Trinajstić information content (AvgIpc) is 3.02. The Balaban J connectivity index is 1.50. The summed E-state index contributed by atoms with van der Waals surface area (Å²) in [6.07, 6.45) is 2.76. The number of aliphatic imine (C=N–C) groups is 1. The lowest BCUT2D eigenvalue weighted by molar-refractivity contribution is 0.761. The zero-order valence-corrected chi connectivity index (χ0v) is 14.0. The minimum atomic E-state index is 0.739. The largest absolute Gasteiger partial charge is 0.356 e. The molecule has 0 saturated carbocycles. The quantitative estimate of drug-likeness (QED) is 0.556. The van der Waals surface area contributed by atoms with Crippen LogP contribution in [0.3, 0.4) is 0 Å². The van der Waals surface area contributed by atoms with E-state index in [9.17, 15) is 0 Å². The molecule has 0 saturated heterocycles. The first-order valence-electron chi connectivity index (χ1n) is 8.05. The number of guanidine groups is 1. The molecule has 0 aliphatic rings. The van der Waals surface area contributed by atoms with Crippen molar-refractivity contribution < 1.29 is 0 Å². The molecule has 2 N–H and O–H groups in total. The van der Waals surface area contributed by atoms with E-state index in [0.717, 1.165) is 36.9 Å². The summed E-state index contributed by atoms with van der Waals surface area (Å²) in [5.41, 5.74) is 3.36. The second-order valence-corrected chi connectivity index (χ2v) is 5.63. The summed E-state index contributed by atoms with van der Waals surface area (Å²) >= 11 is 0. The summed E-state index contributed by atoms with van der Waals surface area (Å²) < 4.78 is 2.00. The molecule has 2 heterocycles. The molecule has 6 heteroatoms. The highest BCUT2D eigenvalue weighted by Crippen LogP contribution is 2.03. The van der Waals surface area contributed by atoms with Crippen molar-refractivity contribution in [2.24, 2.45) is 4.99 Å². The molecule has 0 atom stereocenters. The molecule has 24 heavy (non-hydrogen) atoms. The van der Waals surface area contributed by atoms with Gasteiger partial charge in [0.25, 0.3) is 0 Å². The molecule has 0 bridgehead atoms. The van der Waals surface area contributed by atoms with Crippen molar-refractivity contribution >= 4 is 11.6 Å². The van der Waals surface area contributed by atoms with Crippen LogP contribution in [0.4, 0.5) is 0 Å². The Morgan fingerprint density at radius 1 is 1.08 bits per heavy atom. The van der Waals surface area contributed by atoms with Gasteiger partial charge in [-0.15, -0.1) is 10.2 Å². The van der Waals surface area contributed by atoms with Crippen LogP contribution < -0.4 is 10.6 Å². The fraction of sp³-hybridized carbons (Fsp3) is 0.278. The van der Waals surface area contributed by atoms with Crippen molar-refractivity contribution in [2.45, 2.75) is 19.9 Å². The number of nitrogens with zero attached hydrogens (tertiary/aromatic N) is 4. The Morgan fingerprint density at radius 3 is 2.71 bits per heavy atom. The van der Waals surface area contributed by atoms with Gasteiger partial charge in [0.05, 0.1) is 0 Å². The molecule has 0 fully saturated rings. The summed E-state index contributed by atoms with van der Waals surface area (Å²) in [6, 6.07) is 14.4. The summed E-state index contributed by atoms with van der Waals surface area (Å²) in [5, 5.41) is 15.0. The van der Waals surface area contributed by atoms with Crippen LogP contribution in [0.15, 0.2) is 53.7 Å². The average molecular weight is 322 g/mol. The fourth-order valence-corrected chi connectivity index (χ4v) is 2.47. The molecule has 0 radical (unpaired) electrons. The first-order chi connectivity index (χ1) is 11.8. The van der Waals surface area contributed by atoms with Gasteiger partial charge in [0.2, 0.25) is 0 Å². The summed E-state index contributed by atoms with van der Waals surface area (Å²) in [7, 11) is 1.77. The van der Waals surface area contributed by atoms with E-state index < -0.39 is 0 Å². The van der Waals surface area contributed by atoms with Crippen LogP contribution in [0.5, 0.6) is 0 Å². The predicted molar refractivity (Wildman–Crippen MR) is 96.1 cm³/mol. The predicted octanol–water partition coefficient (Wildman–Crippen LogP) is 1.95. The topological polar surface area (TPSA) is 66.6 Å². The molecular formula is C18H22N6. The Labute approximate surface area is 141 Å². The Bertz CT molecular complexity index is 819. The van der Waals surface area contributed by atoms with Gasteiger partial charge in [0.1, 0.15) is 5.82 Å². The fourth-order valence-electron chi connectivity index (χ4n) is 2.47. The van der Waals surface area contributed by atoms with Gasteiger partial charge in [0.15, 0.2) is 11.6 Å². The molecule has 3 rings (SSSR count). The number of pyridine rings is 1. The molecule has 0 unspecified atom stereocenters. The molecule has 2 aromatic heterocycles. The number of aromatic nitrogens is 3. The van der Waals surface area contributed by atoms with Crippen molar-refractivity contribution in [1.82, 2.24) is 25.2 Å². The van der Waals surface area contributed by atoms with Crippen LogP contribution in [0.1, 0.15) is 17.0 Å². The number of nitrogens with one attached hydrogen (secondary N) is 2. The minimum Gasteiger partial charge on any atom is -0.356 e. The lowest BCUT2D eigenvalue weighted by atomic mass is 10.1. The zero-order valence-electron chi connectivity index (χ0n) is 14.0. The molecule has 0 aliphatic carbocycles. The number of hydrogen-bond acceptors (Lipinski definition) is 3. The number of aryl methyl sites for hydroxylation is 1. The van der Waals surface area contributed by atoms with E-state index in [-0.39, 0.29) is 0 Å². The van der Waals surface area contributed by atoms with E-state index in [1.807, 2.05) is 28.8 Å². The SMILES string of the molecule is CN=C(NCCc1nnc2ccccn12)NCc1ccc(C)cc1. The molecule has 6 nitrogen and oxygen atoms in total. The molecular weight excluding hydrogens is 300 g/mol. The van der Waals surface area contributed by atoms with Gasteiger partial charge in [-0.2, -0.15) is 0 Å². The smallest absolute Gasteiger partial charge is 0.191 e. The third-order valence-corrected chi connectivity index (χ3v) is 3.83. The Morgan fingerprint density at radius 2 is 1.92 bits per heavy atom. The number of benzene rings is 1. The maximum absolute atomic E-state index is 4.25. The zero-order chi connectivity index (χ0) is 16.8. The summed E-state index contributed by atoms with van der Waals surface area (Å²) in [5.74, 6) is 1.72. The molecule has 0 aliphatic heterocycles. The minimum absolute atomic E-state index is 0.739. The maximum atomic E-state index is 4.25. The molecule has 0 amide bonds. The first-order valence-corrected chi connectivity index (χ1v) is 8.05. The van der Waals surface area contributed by atoms with Gasteiger partial charge in [-0.3, -0.25) is 9.39 Å². The van der Waals surface area contributed by atoms with Crippen molar-refractivity contribution in [3.63, 3.8) is 0 Å². The highest BCUT2D eigenvalue weighted by molar-refractivity contribution is 5.79. The van der Waals surface area contributed by atoms with E-state index >= 15 is 0 Å². The van der Waals surface area contributed by atoms with Crippen LogP contribution in [-0.4, -0.2) is 34.2 Å². The second-order valence-electron chi connectivity index (χ2n) is 5.63. The first kappa shape index (κ1) is 16.0. The van der Waals surface area contributed by atoms with Crippen LogP contribution in [-0.2, 0) is 13.0 Å². The van der Waals surface area contributed by atoms with Gasteiger partial charge in [0, 0.05) is 32.8 Å². The van der Waals surface area contributed by atoms with E-state index in [1.165, 1.54) is 11.1 Å². The summed E-state index contributed by atoms with van der Waals surface area (Å²) in [4.78, 5) is 4.25. The standard InChI is InChI=1S/C18H22N6/c1-14-6-8-15(9-7-14)13-21-18(19-2)20-11-10-17-23-22-16-5-3-4-12-24(16)17/h3-9,12H,10-11,13H2,1-2H3,(H2,19,20,21). The Kier molecular flexibility index (Phi) is 5.05. The molecule has 0 spiro atoms. The van der Waals surface area contributed by atoms with E-state index in [4.69, 9.17) is 0 Å². The number of hydrogen-bond donors (Lipinski definition) is 2. The third kappa shape index (κ3) is 3.90. The van der Waals surface area contributed by atoms with E-state index in [0.29, 0.717) is 0 Å². The molecule has 3 aromatic rings. The van der Waals surface area contributed by atoms with Gasteiger partial charge in [-0.1, -0.05) is 35.9 Å². The molecule has 124 valence electrons. The Hall–Kier alpha value is -2.89. The van der Waals surface area contributed by atoms with Gasteiger partial charge in [-0.25, -0.2) is 0 Å². The third-order valence-electron chi connectivity index (χ3n) is 3.83. The molecule has 1 aromatic carbocycles. The monoisotopic (exact) mass is 322 g/mol. The van der Waals surface area contributed by atoms with Crippen LogP contribution >= 0.6 is 0 Å².